The normalized spacial score (nSPS) is 19.3. The lowest BCUT2D eigenvalue weighted by Gasteiger charge is -2.25. The summed E-state index contributed by atoms with van der Waals surface area (Å²) >= 11 is 3.26. The van der Waals surface area contributed by atoms with E-state index < -0.39 is 10.0 Å². The minimum atomic E-state index is -3.56. The van der Waals surface area contributed by atoms with Crippen LogP contribution in [-0.4, -0.2) is 57.1 Å². The molecule has 118 valence electrons. The molecule has 6 nitrogen and oxygen atoms in total. The SMILES string of the molecule is COCCN(CC1CCCN1)S(=O)(=O)c1cncc(Br)c1. The van der Waals surface area contributed by atoms with Crippen LogP contribution in [0.25, 0.3) is 0 Å². The van der Waals surface area contributed by atoms with Gasteiger partial charge in [0.15, 0.2) is 0 Å². The summed E-state index contributed by atoms with van der Waals surface area (Å²) in [5.41, 5.74) is 0. The van der Waals surface area contributed by atoms with Crippen LogP contribution < -0.4 is 5.32 Å². The van der Waals surface area contributed by atoms with Crippen molar-refractivity contribution in [2.24, 2.45) is 0 Å². The molecule has 21 heavy (non-hydrogen) atoms. The minimum Gasteiger partial charge on any atom is -0.383 e. The molecule has 2 rings (SSSR count). The summed E-state index contributed by atoms with van der Waals surface area (Å²) in [5.74, 6) is 0. The molecular formula is C13H20BrN3O3S. The average Bonchev–Trinajstić information content (AvgIpc) is 2.96. The lowest BCUT2D eigenvalue weighted by atomic mass is 10.2. The van der Waals surface area contributed by atoms with Gasteiger partial charge in [0.05, 0.1) is 6.61 Å². The standard InChI is InChI=1S/C13H20BrN3O3S/c1-20-6-5-17(10-12-3-2-4-16-12)21(18,19)13-7-11(14)8-15-9-13/h7-9,12,16H,2-6,10H2,1H3. The van der Waals surface area contributed by atoms with Crippen LogP contribution in [0.4, 0.5) is 0 Å². The van der Waals surface area contributed by atoms with Crippen LogP contribution in [0.15, 0.2) is 27.8 Å². The molecule has 1 aliphatic rings. The molecule has 1 saturated heterocycles. The Balaban J connectivity index is 2.20. The molecule has 1 fully saturated rings. The van der Waals surface area contributed by atoms with Crippen molar-refractivity contribution in [1.29, 1.82) is 0 Å². The molecule has 0 radical (unpaired) electrons. The molecule has 1 aliphatic heterocycles. The lowest BCUT2D eigenvalue weighted by Crippen LogP contribution is -2.42. The summed E-state index contributed by atoms with van der Waals surface area (Å²) in [4.78, 5) is 4.15. The van der Waals surface area contributed by atoms with E-state index in [0.717, 1.165) is 19.4 Å². The van der Waals surface area contributed by atoms with Crippen LogP contribution in [-0.2, 0) is 14.8 Å². The number of rotatable bonds is 7. The van der Waals surface area contributed by atoms with Gasteiger partial charge in [-0.15, -0.1) is 0 Å². The van der Waals surface area contributed by atoms with Crippen LogP contribution in [0.5, 0.6) is 0 Å². The Labute approximate surface area is 134 Å². The fraction of sp³-hybridized carbons (Fsp3) is 0.615. The second-order valence-electron chi connectivity index (χ2n) is 4.99. The molecule has 0 aromatic carbocycles. The third-order valence-corrected chi connectivity index (χ3v) is 5.71. The topological polar surface area (TPSA) is 71.5 Å². The first-order chi connectivity index (χ1) is 10.0. The van der Waals surface area contributed by atoms with Crippen molar-refractivity contribution in [3.63, 3.8) is 0 Å². The molecule has 0 spiro atoms. The summed E-state index contributed by atoms with van der Waals surface area (Å²) in [7, 11) is -1.99. The number of ether oxygens (including phenoxy) is 1. The molecule has 1 aromatic heterocycles. The van der Waals surface area contributed by atoms with E-state index in [4.69, 9.17) is 4.74 Å². The van der Waals surface area contributed by atoms with Crippen LogP contribution in [0.2, 0.25) is 0 Å². The van der Waals surface area contributed by atoms with Gasteiger partial charge in [0.2, 0.25) is 10.0 Å². The molecule has 0 aliphatic carbocycles. The molecular weight excluding hydrogens is 358 g/mol. The highest BCUT2D eigenvalue weighted by Gasteiger charge is 2.28. The van der Waals surface area contributed by atoms with Gasteiger partial charge in [0.1, 0.15) is 4.90 Å². The highest BCUT2D eigenvalue weighted by Crippen LogP contribution is 2.20. The van der Waals surface area contributed by atoms with E-state index in [1.54, 1.807) is 19.4 Å². The first-order valence-electron chi connectivity index (χ1n) is 6.87. The third-order valence-electron chi connectivity index (χ3n) is 3.45. The van der Waals surface area contributed by atoms with Crippen molar-refractivity contribution in [3.05, 3.63) is 22.9 Å². The van der Waals surface area contributed by atoms with Gasteiger partial charge in [-0.05, 0) is 41.4 Å². The van der Waals surface area contributed by atoms with Gasteiger partial charge in [-0.1, -0.05) is 0 Å². The van der Waals surface area contributed by atoms with E-state index in [0.29, 0.717) is 24.2 Å². The van der Waals surface area contributed by atoms with E-state index in [2.05, 4.69) is 26.2 Å². The summed E-state index contributed by atoms with van der Waals surface area (Å²) in [5, 5.41) is 3.33. The van der Waals surface area contributed by atoms with Crippen molar-refractivity contribution in [3.8, 4) is 0 Å². The van der Waals surface area contributed by atoms with E-state index in [9.17, 15) is 8.42 Å². The summed E-state index contributed by atoms with van der Waals surface area (Å²) < 4.78 is 32.7. The number of aromatic nitrogens is 1. The Morgan fingerprint density at radius 2 is 2.33 bits per heavy atom. The highest BCUT2D eigenvalue weighted by atomic mass is 79.9. The maximum Gasteiger partial charge on any atom is 0.244 e. The van der Waals surface area contributed by atoms with E-state index in [-0.39, 0.29) is 10.9 Å². The summed E-state index contributed by atoms with van der Waals surface area (Å²) in [6, 6.07) is 1.78. The number of hydrogen-bond donors (Lipinski definition) is 1. The molecule has 0 bridgehead atoms. The smallest absolute Gasteiger partial charge is 0.244 e. The zero-order chi connectivity index (χ0) is 15.3. The van der Waals surface area contributed by atoms with Gasteiger partial charge >= 0.3 is 0 Å². The minimum absolute atomic E-state index is 0.200. The van der Waals surface area contributed by atoms with Gasteiger partial charge < -0.3 is 10.1 Å². The Hall–Kier alpha value is -0.540. The zero-order valence-electron chi connectivity index (χ0n) is 12.0. The number of sulfonamides is 1. The van der Waals surface area contributed by atoms with Gasteiger partial charge in [0, 0.05) is 43.1 Å². The van der Waals surface area contributed by atoms with Crippen LogP contribution in [0, 0.1) is 0 Å². The number of hydrogen-bond acceptors (Lipinski definition) is 5. The predicted octanol–water partition coefficient (Wildman–Crippen LogP) is 1.23. The second-order valence-corrected chi connectivity index (χ2v) is 7.84. The first kappa shape index (κ1) is 16.8. The third kappa shape index (κ3) is 4.46. The number of nitrogens with one attached hydrogen (secondary N) is 1. The fourth-order valence-corrected chi connectivity index (χ4v) is 4.32. The number of pyridine rings is 1. The second kappa shape index (κ2) is 7.64. The maximum absolute atomic E-state index is 12.8. The highest BCUT2D eigenvalue weighted by molar-refractivity contribution is 9.10. The zero-order valence-corrected chi connectivity index (χ0v) is 14.4. The number of halogens is 1. The predicted molar refractivity (Wildman–Crippen MR) is 83.6 cm³/mol. The van der Waals surface area contributed by atoms with Crippen LogP contribution >= 0.6 is 15.9 Å². The Morgan fingerprint density at radius 1 is 1.52 bits per heavy atom. The molecule has 0 saturated carbocycles. The summed E-state index contributed by atoms with van der Waals surface area (Å²) in [6.45, 7) is 2.11. The molecule has 1 unspecified atom stereocenters. The fourth-order valence-electron chi connectivity index (χ4n) is 2.34. The van der Waals surface area contributed by atoms with E-state index in [1.165, 1.54) is 10.5 Å². The van der Waals surface area contributed by atoms with Crippen molar-refractivity contribution < 1.29 is 13.2 Å². The Kier molecular flexibility index (Phi) is 6.12. The maximum atomic E-state index is 12.8. The number of methoxy groups -OCH3 is 1. The molecule has 8 heteroatoms. The van der Waals surface area contributed by atoms with E-state index >= 15 is 0 Å². The largest absolute Gasteiger partial charge is 0.383 e. The number of nitrogens with zero attached hydrogens (tertiary/aromatic N) is 2. The van der Waals surface area contributed by atoms with E-state index in [1.807, 2.05) is 0 Å². The average molecular weight is 378 g/mol. The van der Waals surface area contributed by atoms with Crippen molar-refractivity contribution in [1.82, 2.24) is 14.6 Å². The Bertz CT molecular complexity index is 562. The first-order valence-corrected chi connectivity index (χ1v) is 9.10. The quantitative estimate of drug-likeness (QED) is 0.773. The van der Waals surface area contributed by atoms with Gasteiger partial charge in [-0.2, -0.15) is 4.31 Å². The van der Waals surface area contributed by atoms with Gasteiger partial charge in [-0.25, -0.2) is 8.42 Å². The molecule has 2 heterocycles. The van der Waals surface area contributed by atoms with Crippen LogP contribution in [0.3, 0.4) is 0 Å². The Morgan fingerprint density at radius 3 is 2.95 bits per heavy atom. The molecule has 1 aromatic rings. The van der Waals surface area contributed by atoms with Gasteiger partial charge in [-0.3, -0.25) is 4.98 Å². The van der Waals surface area contributed by atoms with Crippen LogP contribution in [0.1, 0.15) is 12.8 Å². The van der Waals surface area contributed by atoms with Crippen molar-refractivity contribution in [2.75, 3.05) is 33.4 Å². The van der Waals surface area contributed by atoms with Crippen molar-refractivity contribution >= 4 is 26.0 Å². The summed E-state index contributed by atoms with van der Waals surface area (Å²) in [6.07, 6.45) is 5.02. The lowest BCUT2D eigenvalue weighted by molar-refractivity contribution is 0.176. The molecule has 0 amide bonds. The monoisotopic (exact) mass is 377 g/mol. The van der Waals surface area contributed by atoms with Crippen molar-refractivity contribution in [2.45, 2.75) is 23.8 Å². The molecule has 1 atom stereocenters. The van der Waals surface area contributed by atoms with Gasteiger partial charge in [0.25, 0.3) is 0 Å². The molecule has 1 N–H and O–H groups in total.